The predicted octanol–water partition coefficient (Wildman–Crippen LogP) is 4.09. The Morgan fingerprint density at radius 1 is 1.07 bits per heavy atom. The molecule has 0 bridgehead atoms. The third kappa shape index (κ3) is 4.76. The molecule has 0 fully saturated rings. The average Bonchev–Trinajstić information content (AvgIpc) is 2.71. The number of carbonyl (C=O) groups excluding carboxylic acids is 2. The minimum Gasteiger partial charge on any atom is -0.459 e. The zero-order valence-electron chi connectivity index (χ0n) is 17.5. The second kappa shape index (κ2) is 8.95. The van der Waals surface area contributed by atoms with Gasteiger partial charge < -0.3 is 14.5 Å². The topological polar surface area (TPSA) is 85.6 Å². The molecular formula is C24H25NO5. The molecule has 1 amide bonds. The average molecular weight is 407 g/mol. The van der Waals surface area contributed by atoms with E-state index in [0.717, 1.165) is 16.5 Å². The summed E-state index contributed by atoms with van der Waals surface area (Å²) >= 11 is 0. The van der Waals surface area contributed by atoms with Crippen LogP contribution in [0.2, 0.25) is 0 Å². The first kappa shape index (κ1) is 21.3. The van der Waals surface area contributed by atoms with Gasteiger partial charge in [-0.2, -0.15) is 0 Å². The second-order valence-electron chi connectivity index (χ2n) is 7.62. The van der Waals surface area contributed by atoms with E-state index in [4.69, 9.17) is 9.15 Å². The molecule has 1 atom stereocenters. The standard InChI is InChI=1S/C24H25NO5/c1-14(2)19-12-20-18(11-22(26)30-21(20)10-15(19)3)13-29-24(28)16(4)25-23(27)17-8-6-5-7-9-17/h5-12,14,16H,13H2,1-4H3,(H,25,27)/t16-/m0/s1. The molecule has 0 unspecified atom stereocenters. The zero-order chi connectivity index (χ0) is 21.8. The van der Waals surface area contributed by atoms with Gasteiger partial charge in [-0.25, -0.2) is 9.59 Å². The van der Waals surface area contributed by atoms with Crippen LogP contribution in [0.5, 0.6) is 0 Å². The van der Waals surface area contributed by atoms with Crippen LogP contribution in [0.3, 0.4) is 0 Å². The molecule has 30 heavy (non-hydrogen) atoms. The maximum absolute atomic E-state index is 12.4. The van der Waals surface area contributed by atoms with E-state index in [1.54, 1.807) is 37.3 Å². The smallest absolute Gasteiger partial charge is 0.336 e. The molecule has 1 N–H and O–H groups in total. The van der Waals surface area contributed by atoms with Crippen molar-refractivity contribution in [2.75, 3.05) is 0 Å². The Morgan fingerprint density at radius 2 is 1.77 bits per heavy atom. The fraction of sp³-hybridized carbons (Fsp3) is 0.292. The Labute approximate surface area is 174 Å². The Hall–Kier alpha value is -3.41. The molecule has 1 aromatic heterocycles. The van der Waals surface area contributed by atoms with Crippen molar-refractivity contribution in [1.82, 2.24) is 5.32 Å². The van der Waals surface area contributed by atoms with E-state index in [-0.39, 0.29) is 12.5 Å². The lowest BCUT2D eigenvalue weighted by molar-refractivity contribution is -0.146. The predicted molar refractivity (Wildman–Crippen MR) is 114 cm³/mol. The van der Waals surface area contributed by atoms with Crippen LogP contribution in [0.1, 0.15) is 53.7 Å². The van der Waals surface area contributed by atoms with Gasteiger partial charge in [0.25, 0.3) is 5.91 Å². The molecule has 0 aliphatic carbocycles. The molecule has 0 aliphatic heterocycles. The van der Waals surface area contributed by atoms with E-state index < -0.39 is 17.6 Å². The molecule has 156 valence electrons. The summed E-state index contributed by atoms with van der Waals surface area (Å²) in [6.45, 7) is 7.61. The molecule has 0 aliphatic rings. The first-order chi connectivity index (χ1) is 14.3. The SMILES string of the molecule is Cc1cc2oc(=O)cc(COC(=O)[C@H](C)NC(=O)c3ccccc3)c2cc1C(C)C. The van der Waals surface area contributed by atoms with Crippen molar-refractivity contribution in [3.05, 3.63) is 81.2 Å². The minimum atomic E-state index is -0.836. The summed E-state index contributed by atoms with van der Waals surface area (Å²) in [5, 5.41) is 3.35. The lowest BCUT2D eigenvalue weighted by Gasteiger charge is -2.15. The van der Waals surface area contributed by atoms with Crippen LogP contribution in [0.15, 0.2) is 57.7 Å². The van der Waals surface area contributed by atoms with Gasteiger partial charge in [-0.15, -0.1) is 0 Å². The highest BCUT2D eigenvalue weighted by molar-refractivity contribution is 5.96. The molecule has 0 radical (unpaired) electrons. The number of hydrogen-bond donors (Lipinski definition) is 1. The number of aryl methyl sites for hydroxylation is 1. The monoisotopic (exact) mass is 407 g/mol. The molecule has 2 aromatic carbocycles. The van der Waals surface area contributed by atoms with Gasteiger partial charge in [0.05, 0.1) is 0 Å². The van der Waals surface area contributed by atoms with Crippen molar-refractivity contribution in [2.45, 2.75) is 46.3 Å². The molecule has 0 spiro atoms. The quantitative estimate of drug-likeness (QED) is 0.491. The number of nitrogens with one attached hydrogen (secondary N) is 1. The summed E-state index contributed by atoms with van der Waals surface area (Å²) < 4.78 is 10.7. The van der Waals surface area contributed by atoms with Crippen molar-refractivity contribution < 1.29 is 18.7 Å². The molecule has 6 heteroatoms. The van der Waals surface area contributed by atoms with Gasteiger partial charge in [0.1, 0.15) is 18.2 Å². The van der Waals surface area contributed by atoms with Gasteiger partial charge in [-0.1, -0.05) is 32.0 Å². The number of benzene rings is 2. The molecule has 3 aromatic rings. The van der Waals surface area contributed by atoms with E-state index in [1.807, 2.05) is 19.1 Å². The third-order valence-corrected chi connectivity index (χ3v) is 4.95. The highest BCUT2D eigenvalue weighted by Crippen LogP contribution is 2.27. The summed E-state index contributed by atoms with van der Waals surface area (Å²) in [7, 11) is 0. The summed E-state index contributed by atoms with van der Waals surface area (Å²) in [4.78, 5) is 36.6. The molecule has 6 nitrogen and oxygen atoms in total. The van der Waals surface area contributed by atoms with Gasteiger partial charge in [-0.05, 0) is 55.2 Å². The van der Waals surface area contributed by atoms with Gasteiger partial charge in [0.15, 0.2) is 0 Å². The lowest BCUT2D eigenvalue weighted by Crippen LogP contribution is -2.39. The Bertz CT molecular complexity index is 1130. The minimum absolute atomic E-state index is 0.0902. The molecule has 0 saturated carbocycles. The fourth-order valence-electron chi connectivity index (χ4n) is 3.34. The number of carbonyl (C=O) groups is 2. The summed E-state index contributed by atoms with van der Waals surface area (Å²) in [5.74, 6) is -0.648. The fourth-order valence-corrected chi connectivity index (χ4v) is 3.34. The van der Waals surface area contributed by atoms with E-state index in [0.29, 0.717) is 22.6 Å². The molecular weight excluding hydrogens is 382 g/mol. The van der Waals surface area contributed by atoms with Crippen molar-refractivity contribution >= 4 is 22.8 Å². The van der Waals surface area contributed by atoms with Crippen LogP contribution < -0.4 is 10.9 Å². The van der Waals surface area contributed by atoms with Crippen LogP contribution in [0.4, 0.5) is 0 Å². The number of hydrogen-bond acceptors (Lipinski definition) is 5. The highest BCUT2D eigenvalue weighted by Gasteiger charge is 2.19. The second-order valence-corrected chi connectivity index (χ2v) is 7.62. The molecule has 0 saturated heterocycles. The number of amides is 1. The Kier molecular flexibility index (Phi) is 6.35. The number of fused-ring (bicyclic) bond motifs is 1. The first-order valence-electron chi connectivity index (χ1n) is 9.86. The lowest BCUT2D eigenvalue weighted by atomic mass is 9.95. The highest BCUT2D eigenvalue weighted by atomic mass is 16.5. The van der Waals surface area contributed by atoms with Crippen molar-refractivity contribution in [1.29, 1.82) is 0 Å². The molecule has 1 heterocycles. The van der Waals surface area contributed by atoms with Crippen LogP contribution in [0.25, 0.3) is 11.0 Å². The van der Waals surface area contributed by atoms with Crippen LogP contribution in [0, 0.1) is 6.92 Å². The normalized spacial score (nSPS) is 12.0. The van der Waals surface area contributed by atoms with E-state index >= 15 is 0 Å². The number of ether oxygens (including phenoxy) is 1. The summed E-state index contributed by atoms with van der Waals surface area (Å²) in [6, 6.07) is 12.9. The summed E-state index contributed by atoms with van der Waals surface area (Å²) in [6.07, 6.45) is 0. The van der Waals surface area contributed by atoms with E-state index in [2.05, 4.69) is 19.2 Å². The number of rotatable bonds is 6. The van der Waals surface area contributed by atoms with Gasteiger partial charge in [0, 0.05) is 22.6 Å². The maximum Gasteiger partial charge on any atom is 0.336 e. The largest absolute Gasteiger partial charge is 0.459 e. The molecule has 3 rings (SSSR count). The van der Waals surface area contributed by atoms with Crippen molar-refractivity contribution in [3.8, 4) is 0 Å². The van der Waals surface area contributed by atoms with E-state index in [1.165, 1.54) is 6.07 Å². The van der Waals surface area contributed by atoms with Gasteiger partial charge in [0.2, 0.25) is 0 Å². The number of esters is 1. The van der Waals surface area contributed by atoms with Crippen LogP contribution in [-0.2, 0) is 16.1 Å². The van der Waals surface area contributed by atoms with Crippen molar-refractivity contribution in [2.24, 2.45) is 0 Å². The Balaban J connectivity index is 1.76. The summed E-state index contributed by atoms with van der Waals surface area (Å²) in [5.41, 5.74) is 3.15. The first-order valence-corrected chi connectivity index (χ1v) is 9.86. The van der Waals surface area contributed by atoms with Crippen LogP contribution >= 0.6 is 0 Å². The van der Waals surface area contributed by atoms with Gasteiger partial charge in [-0.3, -0.25) is 4.79 Å². The van der Waals surface area contributed by atoms with Gasteiger partial charge >= 0.3 is 11.6 Å². The van der Waals surface area contributed by atoms with Crippen molar-refractivity contribution in [3.63, 3.8) is 0 Å². The van der Waals surface area contributed by atoms with E-state index in [9.17, 15) is 14.4 Å². The third-order valence-electron chi connectivity index (χ3n) is 4.95. The Morgan fingerprint density at radius 3 is 2.43 bits per heavy atom. The van der Waals surface area contributed by atoms with Crippen LogP contribution in [-0.4, -0.2) is 17.9 Å². The zero-order valence-corrected chi connectivity index (χ0v) is 17.5. The maximum atomic E-state index is 12.4.